The highest BCUT2D eigenvalue weighted by Gasteiger charge is 2.14. The highest BCUT2D eigenvalue weighted by atomic mass is 35.5. The average molecular weight is 244 g/mol. The van der Waals surface area contributed by atoms with Gasteiger partial charge in [-0.05, 0) is 26.8 Å². The van der Waals surface area contributed by atoms with E-state index in [1.165, 1.54) is 0 Å². The Morgan fingerprint density at radius 1 is 1.33 bits per heavy atom. The lowest BCUT2D eigenvalue weighted by molar-refractivity contribution is 0.547. The molecule has 5 heteroatoms. The molecule has 2 rings (SSSR count). The highest BCUT2D eigenvalue weighted by molar-refractivity contribution is 6.37. The van der Waals surface area contributed by atoms with Gasteiger partial charge in [-0.25, -0.2) is 4.98 Å². The maximum atomic E-state index is 6.14. The van der Waals surface area contributed by atoms with Crippen molar-refractivity contribution in [2.75, 3.05) is 0 Å². The standard InChI is InChI=1S/C10H11Cl2N3/c1-5(2)15-10-7(11)4-8(12)13-9(10)6(3)14-15/h4-5H,1-3H3. The number of rotatable bonds is 1. The fourth-order valence-corrected chi connectivity index (χ4v) is 2.11. The van der Waals surface area contributed by atoms with Gasteiger partial charge in [-0.1, -0.05) is 23.2 Å². The second-order valence-corrected chi connectivity index (χ2v) is 4.54. The summed E-state index contributed by atoms with van der Waals surface area (Å²) in [6.07, 6.45) is 0. The summed E-state index contributed by atoms with van der Waals surface area (Å²) >= 11 is 12.0. The Hall–Kier alpha value is -0.800. The first-order valence-corrected chi connectivity index (χ1v) is 5.47. The van der Waals surface area contributed by atoms with Crippen molar-refractivity contribution in [1.29, 1.82) is 0 Å². The van der Waals surface area contributed by atoms with Crippen LogP contribution >= 0.6 is 23.2 Å². The Labute approximate surface area is 98.0 Å². The lowest BCUT2D eigenvalue weighted by Crippen LogP contribution is -2.02. The van der Waals surface area contributed by atoms with Crippen LogP contribution in [0.25, 0.3) is 11.0 Å². The monoisotopic (exact) mass is 243 g/mol. The van der Waals surface area contributed by atoms with Gasteiger partial charge >= 0.3 is 0 Å². The summed E-state index contributed by atoms with van der Waals surface area (Å²) in [7, 11) is 0. The summed E-state index contributed by atoms with van der Waals surface area (Å²) in [5, 5.41) is 5.40. The molecule has 0 fully saturated rings. The normalized spacial score (nSPS) is 11.6. The van der Waals surface area contributed by atoms with Crippen LogP contribution in [-0.4, -0.2) is 14.8 Å². The third kappa shape index (κ3) is 1.70. The van der Waals surface area contributed by atoms with E-state index in [4.69, 9.17) is 23.2 Å². The van der Waals surface area contributed by atoms with Gasteiger partial charge in [0.15, 0.2) is 0 Å². The maximum Gasteiger partial charge on any atom is 0.131 e. The van der Waals surface area contributed by atoms with Crippen LogP contribution in [0.5, 0.6) is 0 Å². The summed E-state index contributed by atoms with van der Waals surface area (Å²) in [4.78, 5) is 4.24. The van der Waals surface area contributed by atoms with E-state index in [2.05, 4.69) is 23.9 Å². The SMILES string of the molecule is Cc1nn(C(C)C)c2c(Cl)cc(Cl)nc12. The summed E-state index contributed by atoms with van der Waals surface area (Å²) in [6, 6.07) is 1.90. The van der Waals surface area contributed by atoms with E-state index in [0.29, 0.717) is 10.2 Å². The lowest BCUT2D eigenvalue weighted by Gasteiger charge is -2.07. The minimum absolute atomic E-state index is 0.252. The molecule has 0 unspecified atom stereocenters. The Kier molecular flexibility index (Phi) is 2.61. The van der Waals surface area contributed by atoms with E-state index in [1.54, 1.807) is 6.07 Å². The third-order valence-corrected chi connectivity index (χ3v) is 2.72. The first kappa shape index (κ1) is 10.7. The number of halogens is 2. The fraction of sp³-hybridized carbons (Fsp3) is 0.400. The Balaban J connectivity index is 2.87. The Morgan fingerprint density at radius 2 is 2.00 bits per heavy atom. The van der Waals surface area contributed by atoms with Crippen molar-refractivity contribution < 1.29 is 0 Å². The zero-order valence-corrected chi connectivity index (χ0v) is 10.3. The van der Waals surface area contributed by atoms with Gasteiger partial charge in [0, 0.05) is 6.04 Å². The van der Waals surface area contributed by atoms with Crippen LogP contribution in [0.2, 0.25) is 10.2 Å². The number of aromatic nitrogens is 3. The molecule has 0 bridgehead atoms. The number of hydrogen-bond donors (Lipinski definition) is 0. The molecular formula is C10H11Cl2N3. The minimum atomic E-state index is 0.252. The Morgan fingerprint density at radius 3 is 2.60 bits per heavy atom. The first-order valence-electron chi connectivity index (χ1n) is 4.71. The van der Waals surface area contributed by atoms with Gasteiger partial charge in [-0.15, -0.1) is 0 Å². The minimum Gasteiger partial charge on any atom is -0.259 e. The van der Waals surface area contributed by atoms with E-state index in [-0.39, 0.29) is 6.04 Å². The molecule has 0 aliphatic heterocycles. The zero-order valence-electron chi connectivity index (χ0n) is 8.75. The molecule has 15 heavy (non-hydrogen) atoms. The molecule has 0 saturated heterocycles. The zero-order chi connectivity index (χ0) is 11.2. The molecule has 0 amide bonds. The highest BCUT2D eigenvalue weighted by Crippen LogP contribution is 2.28. The number of nitrogens with zero attached hydrogens (tertiary/aromatic N) is 3. The third-order valence-electron chi connectivity index (χ3n) is 2.23. The van der Waals surface area contributed by atoms with Gasteiger partial charge < -0.3 is 0 Å². The second kappa shape index (κ2) is 3.65. The van der Waals surface area contributed by atoms with Crippen LogP contribution in [0, 0.1) is 6.92 Å². The summed E-state index contributed by atoms with van der Waals surface area (Å²) in [6.45, 7) is 6.01. The van der Waals surface area contributed by atoms with Gasteiger partial charge in [0.2, 0.25) is 0 Å². The molecule has 0 radical (unpaired) electrons. The van der Waals surface area contributed by atoms with Gasteiger partial charge in [0.1, 0.15) is 16.2 Å². The molecule has 2 heterocycles. The van der Waals surface area contributed by atoms with Crippen molar-refractivity contribution in [3.05, 3.63) is 21.9 Å². The lowest BCUT2D eigenvalue weighted by atomic mass is 10.3. The first-order chi connectivity index (χ1) is 7.00. The molecule has 0 aliphatic carbocycles. The number of fused-ring (bicyclic) bond motifs is 1. The van der Waals surface area contributed by atoms with Crippen LogP contribution in [0.1, 0.15) is 25.6 Å². The van der Waals surface area contributed by atoms with Crippen molar-refractivity contribution in [3.63, 3.8) is 0 Å². The van der Waals surface area contributed by atoms with Crippen molar-refractivity contribution in [1.82, 2.24) is 14.8 Å². The number of aryl methyl sites for hydroxylation is 1. The molecule has 2 aromatic heterocycles. The number of hydrogen-bond acceptors (Lipinski definition) is 2. The van der Waals surface area contributed by atoms with E-state index in [1.807, 2.05) is 11.6 Å². The van der Waals surface area contributed by atoms with Crippen molar-refractivity contribution in [2.24, 2.45) is 0 Å². The van der Waals surface area contributed by atoms with Gasteiger partial charge in [0.05, 0.1) is 10.7 Å². The summed E-state index contributed by atoms with van der Waals surface area (Å²) in [5.41, 5.74) is 2.48. The quantitative estimate of drug-likeness (QED) is 0.717. The van der Waals surface area contributed by atoms with Gasteiger partial charge in [0.25, 0.3) is 0 Å². The number of pyridine rings is 1. The summed E-state index contributed by atoms with van der Waals surface area (Å²) in [5.74, 6) is 0. The predicted octanol–water partition coefficient (Wildman–Crippen LogP) is 3.63. The molecule has 0 spiro atoms. The fourth-order valence-electron chi connectivity index (χ4n) is 1.58. The molecule has 0 aliphatic rings. The summed E-state index contributed by atoms with van der Waals surface area (Å²) < 4.78 is 1.87. The van der Waals surface area contributed by atoms with E-state index in [9.17, 15) is 0 Å². The van der Waals surface area contributed by atoms with Crippen molar-refractivity contribution >= 4 is 34.2 Å². The molecule has 3 nitrogen and oxygen atoms in total. The van der Waals surface area contributed by atoms with E-state index < -0.39 is 0 Å². The topological polar surface area (TPSA) is 30.7 Å². The van der Waals surface area contributed by atoms with Gasteiger partial charge in [-0.3, -0.25) is 4.68 Å². The molecule has 2 aromatic rings. The molecule has 0 atom stereocenters. The van der Waals surface area contributed by atoms with E-state index in [0.717, 1.165) is 16.7 Å². The van der Waals surface area contributed by atoms with Crippen LogP contribution in [0.15, 0.2) is 6.07 Å². The molecule has 0 saturated carbocycles. The van der Waals surface area contributed by atoms with Crippen LogP contribution in [-0.2, 0) is 0 Å². The molecular weight excluding hydrogens is 233 g/mol. The van der Waals surface area contributed by atoms with Crippen LogP contribution in [0.3, 0.4) is 0 Å². The molecule has 0 N–H and O–H groups in total. The average Bonchev–Trinajstić information content (AvgIpc) is 2.44. The van der Waals surface area contributed by atoms with Crippen molar-refractivity contribution in [3.8, 4) is 0 Å². The van der Waals surface area contributed by atoms with Crippen LogP contribution in [0.4, 0.5) is 0 Å². The molecule has 0 aromatic carbocycles. The van der Waals surface area contributed by atoms with Crippen LogP contribution < -0.4 is 0 Å². The maximum absolute atomic E-state index is 6.14. The van der Waals surface area contributed by atoms with E-state index >= 15 is 0 Å². The van der Waals surface area contributed by atoms with Gasteiger partial charge in [-0.2, -0.15) is 5.10 Å². The van der Waals surface area contributed by atoms with Crippen molar-refractivity contribution in [2.45, 2.75) is 26.8 Å². The second-order valence-electron chi connectivity index (χ2n) is 3.75. The smallest absolute Gasteiger partial charge is 0.131 e. The molecule has 80 valence electrons. The largest absolute Gasteiger partial charge is 0.259 e. The predicted molar refractivity (Wildman–Crippen MR) is 62.7 cm³/mol. The Bertz CT molecular complexity index is 517.